The van der Waals surface area contributed by atoms with E-state index in [1.807, 2.05) is 11.2 Å². The lowest BCUT2D eigenvalue weighted by Gasteiger charge is -2.26. The maximum atomic E-state index is 12.2. The number of H-pyrrole nitrogens is 1. The van der Waals surface area contributed by atoms with E-state index in [9.17, 15) is 4.79 Å². The summed E-state index contributed by atoms with van der Waals surface area (Å²) in [6.07, 6.45) is 6.84. The van der Waals surface area contributed by atoms with Crippen LogP contribution in [0, 0.1) is 0 Å². The van der Waals surface area contributed by atoms with Gasteiger partial charge >= 0.3 is 0 Å². The average Bonchev–Trinajstić information content (AvgIpc) is 2.97. The normalized spacial score (nSPS) is 15.4. The van der Waals surface area contributed by atoms with Gasteiger partial charge in [-0.15, -0.1) is 11.8 Å². The molecule has 21 heavy (non-hydrogen) atoms. The minimum atomic E-state index is 0.121. The standard InChI is InChI=1S/C13H18N6OS/c1-21-13-10-11(15-8-16-12(10)17-18-13)14-7-9(20)19-5-3-2-4-6-19/h8H,2-7H2,1H3,(H2,14,15,16,17,18). The Morgan fingerprint density at radius 1 is 1.38 bits per heavy atom. The van der Waals surface area contributed by atoms with Crippen LogP contribution in [0.1, 0.15) is 19.3 Å². The van der Waals surface area contributed by atoms with Gasteiger partial charge in [0.15, 0.2) is 5.65 Å². The molecule has 8 heteroatoms. The third-order valence-electron chi connectivity index (χ3n) is 3.63. The van der Waals surface area contributed by atoms with E-state index in [1.54, 1.807) is 0 Å². The van der Waals surface area contributed by atoms with Crippen molar-refractivity contribution >= 4 is 34.5 Å². The molecule has 0 bridgehead atoms. The SMILES string of the molecule is CSc1n[nH]c2ncnc(NCC(=O)N3CCCCC3)c12. The number of hydrogen-bond acceptors (Lipinski definition) is 6. The summed E-state index contributed by atoms with van der Waals surface area (Å²) in [7, 11) is 0. The van der Waals surface area contributed by atoms with Gasteiger partial charge < -0.3 is 10.2 Å². The first kappa shape index (κ1) is 14.1. The molecule has 0 aliphatic carbocycles. The van der Waals surface area contributed by atoms with Gasteiger partial charge in [-0.3, -0.25) is 9.89 Å². The topological polar surface area (TPSA) is 86.8 Å². The van der Waals surface area contributed by atoms with Gasteiger partial charge in [-0.05, 0) is 25.5 Å². The summed E-state index contributed by atoms with van der Waals surface area (Å²) in [5.74, 6) is 0.777. The Bertz CT molecular complexity index is 637. The van der Waals surface area contributed by atoms with Gasteiger partial charge in [-0.1, -0.05) is 0 Å². The lowest BCUT2D eigenvalue weighted by molar-refractivity contribution is -0.130. The molecule has 0 radical (unpaired) electrons. The van der Waals surface area contributed by atoms with Crippen LogP contribution in [0.4, 0.5) is 5.82 Å². The molecule has 112 valence electrons. The molecule has 3 heterocycles. The molecule has 0 aromatic carbocycles. The number of rotatable bonds is 4. The Labute approximate surface area is 126 Å². The first-order chi connectivity index (χ1) is 10.3. The number of nitrogens with zero attached hydrogens (tertiary/aromatic N) is 4. The Kier molecular flexibility index (Phi) is 4.23. The molecule has 1 amide bonds. The lowest BCUT2D eigenvalue weighted by Crippen LogP contribution is -2.39. The zero-order chi connectivity index (χ0) is 14.7. The van der Waals surface area contributed by atoms with Gasteiger partial charge in [-0.2, -0.15) is 5.10 Å². The van der Waals surface area contributed by atoms with E-state index in [1.165, 1.54) is 24.5 Å². The molecule has 1 aliphatic heterocycles. The summed E-state index contributed by atoms with van der Waals surface area (Å²) in [5, 5.41) is 11.9. The summed E-state index contributed by atoms with van der Waals surface area (Å²) < 4.78 is 0. The number of likely N-dealkylation sites (tertiary alicyclic amines) is 1. The molecule has 7 nitrogen and oxygen atoms in total. The highest BCUT2D eigenvalue weighted by Crippen LogP contribution is 2.27. The highest BCUT2D eigenvalue weighted by molar-refractivity contribution is 7.98. The molecule has 2 N–H and O–H groups in total. The smallest absolute Gasteiger partial charge is 0.241 e. The molecular formula is C13H18N6OS. The average molecular weight is 306 g/mol. The molecule has 1 fully saturated rings. The van der Waals surface area contributed by atoms with Gasteiger partial charge in [0, 0.05) is 13.1 Å². The molecule has 0 spiro atoms. The Balaban J connectivity index is 1.72. The summed E-state index contributed by atoms with van der Waals surface area (Å²) >= 11 is 1.52. The number of aromatic amines is 1. The van der Waals surface area contributed by atoms with Crippen LogP contribution in [0.3, 0.4) is 0 Å². The van der Waals surface area contributed by atoms with Gasteiger partial charge in [0.1, 0.15) is 17.2 Å². The fourth-order valence-corrected chi connectivity index (χ4v) is 3.06. The van der Waals surface area contributed by atoms with Crippen molar-refractivity contribution in [2.24, 2.45) is 0 Å². The molecular weight excluding hydrogens is 288 g/mol. The van der Waals surface area contributed by atoms with E-state index in [2.05, 4.69) is 25.5 Å². The molecule has 2 aromatic rings. The zero-order valence-corrected chi connectivity index (χ0v) is 12.7. The Morgan fingerprint density at radius 2 is 2.19 bits per heavy atom. The number of aromatic nitrogens is 4. The predicted molar refractivity (Wildman–Crippen MR) is 82.4 cm³/mol. The van der Waals surface area contributed by atoms with Crippen LogP contribution in [-0.2, 0) is 4.79 Å². The number of thioether (sulfide) groups is 1. The second-order valence-electron chi connectivity index (χ2n) is 4.97. The quantitative estimate of drug-likeness (QED) is 0.832. The fourth-order valence-electron chi connectivity index (χ4n) is 2.53. The van der Waals surface area contributed by atoms with E-state index >= 15 is 0 Å². The van der Waals surface area contributed by atoms with E-state index in [0.717, 1.165) is 36.3 Å². The summed E-state index contributed by atoms with van der Waals surface area (Å²) in [4.78, 5) is 22.5. The lowest BCUT2D eigenvalue weighted by atomic mass is 10.1. The second-order valence-corrected chi connectivity index (χ2v) is 5.77. The summed E-state index contributed by atoms with van der Waals surface area (Å²) in [6, 6.07) is 0. The number of amides is 1. The van der Waals surface area contributed by atoms with Crippen molar-refractivity contribution in [2.45, 2.75) is 24.3 Å². The van der Waals surface area contributed by atoms with Crippen molar-refractivity contribution in [3.8, 4) is 0 Å². The van der Waals surface area contributed by atoms with E-state index in [4.69, 9.17) is 0 Å². The minimum absolute atomic E-state index is 0.121. The molecule has 2 aromatic heterocycles. The van der Waals surface area contributed by atoms with Crippen LogP contribution in [-0.4, -0.2) is 56.9 Å². The van der Waals surface area contributed by atoms with Crippen LogP contribution in [0.2, 0.25) is 0 Å². The monoisotopic (exact) mass is 306 g/mol. The van der Waals surface area contributed by atoms with E-state index < -0.39 is 0 Å². The third-order valence-corrected chi connectivity index (χ3v) is 4.32. The van der Waals surface area contributed by atoms with E-state index in [0.29, 0.717) is 11.5 Å². The number of hydrogen-bond donors (Lipinski definition) is 2. The van der Waals surface area contributed by atoms with Crippen LogP contribution >= 0.6 is 11.8 Å². The zero-order valence-electron chi connectivity index (χ0n) is 11.9. The van der Waals surface area contributed by atoms with Gasteiger partial charge in [0.25, 0.3) is 0 Å². The molecule has 1 saturated heterocycles. The first-order valence-electron chi connectivity index (χ1n) is 7.04. The molecule has 0 atom stereocenters. The van der Waals surface area contributed by atoms with Crippen LogP contribution in [0.25, 0.3) is 11.0 Å². The Hall–Kier alpha value is -1.83. The van der Waals surface area contributed by atoms with Crippen LogP contribution < -0.4 is 5.32 Å². The van der Waals surface area contributed by atoms with Crippen molar-refractivity contribution in [2.75, 3.05) is 31.2 Å². The Morgan fingerprint density at radius 3 is 2.95 bits per heavy atom. The largest absolute Gasteiger partial charge is 0.360 e. The van der Waals surface area contributed by atoms with Crippen molar-refractivity contribution in [1.82, 2.24) is 25.1 Å². The van der Waals surface area contributed by atoms with Gasteiger partial charge in [0.05, 0.1) is 11.9 Å². The first-order valence-corrected chi connectivity index (χ1v) is 8.27. The molecule has 0 saturated carbocycles. The third kappa shape index (κ3) is 2.94. The number of piperidine rings is 1. The fraction of sp³-hybridized carbons (Fsp3) is 0.538. The van der Waals surface area contributed by atoms with Crippen molar-refractivity contribution in [3.63, 3.8) is 0 Å². The maximum absolute atomic E-state index is 12.2. The molecule has 3 rings (SSSR count). The van der Waals surface area contributed by atoms with Gasteiger partial charge in [0.2, 0.25) is 5.91 Å². The van der Waals surface area contributed by atoms with E-state index in [-0.39, 0.29) is 12.5 Å². The van der Waals surface area contributed by atoms with Crippen molar-refractivity contribution in [1.29, 1.82) is 0 Å². The highest BCUT2D eigenvalue weighted by Gasteiger charge is 2.17. The predicted octanol–water partition coefficient (Wildman–Crippen LogP) is 1.50. The van der Waals surface area contributed by atoms with Crippen molar-refractivity contribution in [3.05, 3.63) is 6.33 Å². The highest BCUT2D eigenvalue weighted by atomic mass is 32.2. The number of anilines is 1. The number of carbonyl (C=O) groups excluding carboxylic acids is 1. The minimum Gasteiger partial charge on any atom is -0.360 e. The number of fused-ring (bicyclic) bond motifs is 1. The second kappa shape index (κ2) is 6.30. The van der Waals surface area contributed by atoms with Crippen LogP contribution in [0.5, 0.6) is 0 Å². The summed E-state index contributed by atoms with van der Waals surface area (Å²) in [5.41, 5.74) is 0.683. The van der Waals surface area contributed by atoms with Crippen LogP contribution in [0.15, 0.2) is 11.4 Å². The van der Waals surface area contributed by atoms with Gasteiger partial charge in [-0.25, -0.2) is 9.97 Å². The molecule has 1 aliphatic rings. The number of nitrogens with one attached hydrogen (secondary N) is 2. The maximum Gasteiger partial charge on any atom is 0.241 e. The molecule has 0 unspecified atom stereocenters. The summed E-state index contributed by atoms with van der Waals surface area (Å²) in [6.45, 7) is 1.98. The van der Waals surface area contributed by atoms with Crippen molar-refractivity contribution < 1.29 is 4.79 Å². The number of carbonyl (C=O) groups is 1.